The summed E-state index contributed by atoms with van der Waals surface area (Å²) in [5.74, 6) is 0.314. The van der Waals surface area contributed by atoms with E-state index in [1.807, 2.05) is 62.1 Å². The number of fused-ring (bicyclic) bond motifs is 2. The van der Waals surface area contributed by atoms with Crippen LogP contribution in [0.4, 0.5) is 22.7 Å². The number of anilines is 1. The number of ether oxygens (including phenoxy) is 2. The van der Waals surface area contributed by atoms with Crippen molar-refractivity contribution in [1.82, 2.24) is 0 Å². The molecule has 1 fully saturated rings. The second-order valence-electron chi connectivity index (χ2n) is 13.6. The zero-order valence-corrected chi connectivity index (χ0v) is 28.5. The fourth-order valence-electron chi connectivity index (χ4n) is 7.39. The number of non-ortho nitro benzene ring substituents is 2. The number of carbonyl (C=O) groups is 1. The Labute approximate surface area is 283 Å². The number of nitrogens with zero attached hydrogens (tertiary/aromatic N) is 4. The van der Waals surface area contributed by atoms with E-state index in [4.69, 9.17) is 9.47 Å². The van der Waals surface area contributed by atoms with Crippen molar-refractivity contribution in [2.75, 3.05) is 25.7 Å². The lowest BCUT2D eigenvalue weighted by Gasteiger charge is -2.35. The fraction of sp³-hybridized carbons (Fsp3) is 0.351. The van der Waals surface area contributed by atoms with Crippen LogP contribution >= 0.6 is 0 Å². The van der Waals surface area contributed by atoms with Crippen LogP contribution in [0.5, 0.6) is 11.5 Å². The van der Waals surface area contributed by atoms with Crippen LogP contribution in [-0.4, -0.2) is 57.9 Å². The van der Waals surface area contributed by atoms with Gasteiger partial charge >= 0.3 is 0 Å². The van der Waals surface area contributed by atoms with E-state index >= 15 is 0 Å². The highest BCUT2D eigenvalue weighted by Crippen LogP contribution is 2.51. The highest BCUT2D eigenvalue weighted by Gasteiger charge is 2.50. The molecule has 2 aliphatic heterocycles. The summed E-state index contributed by atoms with van der Waals surface area (Å²) in [5.41, 5.74) is 4.07. The molecule has 1 N–H and O–H groups in total. The van der Waals surface area contributed by atoms with Crippen LogP contribution in [0.15, 0.2) is 78.0 Å². The summed E-state index contributed by atoms with van der Waals surface area (Å²) in [4.78, 5) is 37.8. The van der Waals surface area contributed by atoms with Crippen LogP contribution in [0, 0.1) is 26.1 Å². The number of ketones is 1. The standard InChI is InChI=1S/C37H39N4O8/c1-8-38-30-11-9-24(48-6)16-28(30)36(2,3)32(38)18-26-34(42)27(35(26)43)19-33-37(4,5)29-17-25(49-7)10-12-31(29)39(33)20-21-13-22(40(44)45)15-23(14-21)41(46)47/h9-19,27,34,42H,8,20H2,1-7H3/q+1. The van der Waals surface area contributed by atoms with Crippen LogP contribution < -0.4 is 14.4 Å². The Bertz CT molecular complexity index is 1990. The molecule has 0 spiro atoms. The monoisotopic (exact) mass is 667 g/mol. The average Bonchev–Trinajstić information content (AvgIpc) is 3.42. The molecule has 1 aliphatic carbocycles. The van der Waals surface area contributed by atoms with Crippen LogP contribution in [0.3, 0.4) is 0 Å². The van der Waals surface area contributed by atoms with Crippen molar-refractivity contribution in [2.24, 2.45) is 5.92 Å². The number of nitro benzene ring substituents is 2. The van der Waals surface area contributed by atoms with Crippen molar-refractivity contribution in [2.45, 2.75) is 58.1 Å². The van der Waals surface area contributed by atoms with Gasteiger partial charge < -0.3 is 19.5 Å². The topological polar surface area (TPSA) is 148 Å². The molecular weight excluding hydrogens is 628 g/mol. The van der Waals surface area contributed by atoms with E-state index in [0.29, 0.717) is 29.1 Å². The second-order valence-corrected chi connectivity index (χ2v) is 13.6. The van der Waals surface area contributed by atoms with Gasteiger partial charge in [-0.25, -0.2) is 0 Å². The zero-order chi connectivity index (χ0) is 35.6. The highest BCUT2D eigenvalue weighted by atomic mass is 16.6. The Balaban J connectivity index is 1.40. The third-order valence-corrected chi connectivity index (χ3v) is 10.1. The molecular formula is C37H39N4O8+. The molecule has 3 aromatic carbocycles. The van der Waals surface area contributed by atoms with Crippen LogP contribution in [0.1, 0.15) is 51.3 Å². The molecule has 12 heteroatoms. The number of hydrogen-bond donors (Lipinski definition) is 1. The number of Topliss-reactive ketones (excluding diaryl/α,β-unsaturated/α-hetero) is 1. The Morgan fingerprint density at radius 1 is 0.898 bits per heavy atom. The first-order valence-electron chi connectivity index (χ1n) is 16.0. The maximum absolute atomic E-state index is 13.9. The summed E-state index contributed by atoms with van der Waals surface area (Å²) in [6, 6.07) is 15.0. The highest BCUT2D eigenvalue weighted by molar-refractivity contribution is 6.14. The molecule has 0 radical (unpaired) electrons. The Morgan fingerprint density at radius 3 is 2.04 bits per heavy atom. The number of benzene rings is 3. The number of hydrogen-bond acceptors (Lipinski definition) is 9. The molecule has 3 aromatic rings. The summed E-state index contributed by atoms with van der Waals surface area (Å²) < 4.78 is 13.1. The number of nitro groups is 2. The lowest BCUT2D eigenvalue weighted by atomic mass is 9.71. The van der Waals surface area contributed by atoms with Crippen molar-refractivity contribution in [3.8, 4) is 11.5 Å². The summed E-state index contributed by atoms with van der Waals surface area (Å²) in [5, 5.41) is 34.9. The first-order valence-corrected chi connectivity index (χ1v) is 16.0. The first kappa shape index (κ1) is 33.5. The van der Waals surface area contributed by atoms with E-state index in [9.17, 15) is 30.1 Å². The molecule has 2 atom stereocenters. The Hall–Kier alpha value is -5.36. The molecule has 0 bridgehead atoms. The molecule has 12 nitrogen and oxygen atoms in total. The third-order valence-electron chi connectivity index (χ3n) is 10.1. The lowest BCUT2D eigenvalue weighted by molar-refractivity contribution is -0.433. The van der Waals surface area contributed by atoms with E-state index in [2.05, 4.69) is 18.4 Å². The predicted molar refractivity (Wildman–Crippen MR) is 184 cm³/mol. The average molecular weight is 668 g/mol. The van der Waals surface area contributed by atoms with Crippen molar-refractivity contribution >= 4 is 34.2 Å². The SMILES string of the molecule is CC[N+]1=C(C=C2C(=O)C(C=C3N(Cc4cc([N+](=O)[O-])cc([N+](=O)[O-])c4)c4ccc(OC)cc4C3(C)C)C2O)C(C)(C)c2cc(OC)ccc21. The van der Waals surface area contributed by atoms with Gasteiger partial charge in [0, 0.05) is 58.8 Å². The van der Waals surface area contributed by atoms with Gasteiger partial charge in [0.25, 0.3) is 11.4 Å². The van der Waals surface area contributed by atoms with E-state index in [1.54, 1.807) is 26.4 Å². The van der Waals surface area contributed by atoms with Gasteiger partial charge in [-0.2, -0.15) is 4.58 Å². The molecule has 2 unspecified atom stereocenters. The van der Waals surface area contributed by atoms with Gasteiger partial charge in [-0.05, 0) is 62.2 Å². The minimum absolute atomic E-state index is 0.0517. The summed E-state index contributed by atoms with van der Waals surface area (Å²) >= 11 is 0. The molecule has 6 rings (SSSR count). The minimum Gasteiger partial charge on any atom is -0.497 e. The molecule has 254 valence electrons. The third kappa shape index (κ3) is 5.36. The fourth-order valence-corrected chi connectivity index (χ4v) is 7.39. The molecule has 49 heavy (non-hydrogen) atoms. The Kier molecular flexibility index (Phi) is 8.18. The normalized spacial score (nSPS) is 21.9. The number of aliphatic hydroxyl groups is 1. The van der Waals surface area contributed by atoms with Crippen molar-refractivity contribution < 1.29 is 33.8 Å². The quantitative estimate of drug-likeness (QED) is 0.120. The van der Waals surface area contributed by atoms with Crippen molar-refractivity contribution in [1.29, 1.82) is 0 Å². The molecule has 2 heterocycles. The van der Waals surface area contributed by atoms with E-state index in [-0.39, 0.29) is 12.3 Å². The van der Waals surface area contributed by atoms with Gasteiger partial charge in [-0.15, -0.1) is 0 Å². The van der Waals surface area contributed by atoms with Gasteiger partial charge in [0.15, 0.2) is 11.5 Å². The minimum atomic E-state index is -1.07. The summed E-state index contributed by atoms with van der Waals surface area (Å²) in [6.45, 7) is 10.9. The molecule has 3 aliphatic rings. The van der Waals surface area contributed by atoms with Gasteiger partial charge in [-0.1, -0.05) is 19.9 Å². The van der Waals surface area contributed by atoms with Gasteiger partial charge in [0.1, 0.15) is 18.0 Å². The number of aliphatic hydroxyl groups excluding tert-OH is 1. The van der Waals surface area contributed by atoms with Crippen molar-refractivity contribution in [3.63, 3.8) is 0 Å². The van der Waals surface area contributed by atoms with Crippen molar-refractivity contribution in [3.05, 3.63) is 115 Å². The van der Waals surface area contributed by atoms with Crippen LogP contribution in [0.25, 0.3) is 0 Å². The maximum atomic E-state index is 13.9. The zero-order valence-electron chi connectivity index (χ0n) is 28.5. The predicted octanol–water partition coefficient (Wildman–Crippen LogP) is 6.28. The maximum Gasteiger partial charge on any atom is 0.276 e. The van der Waals surface area contributed by atoms with E-state index in [1.165, 1.54) is 12.1 Å². The molecule has 0 amide bonds. The first-order chi connectivity index (χ1) is 23.1. The Morgan fingerprint density at radius 2 is 1.49 bits per heavy atom. The van der Waals surface area contributed by atoms with Gasteiger partial charge in [0.2, 0.25) is 5.69 Å². The molecule has 1 saturated carbocycles. The lowest BCUT2D eigenvalue weighted by Crippen LogP contribution is -2.46. The van der Waals surface area contributed by atoms with Crippen LogP contribution in [0.2, 0.25) is 0 Å². The number of methoxy groups -OCH3 is 2. The number of allylic oxidation sites excluding steroid dienone is 2. The number of carbonyl (C=O) groups excluding carboxylic acids is 1. The van der Waals surface area contributed by atoms with Crippen LogP contribution in [-0.2, 0) is 22.2 Å². The van der Waals surface area contributed by atoms with E-state index in [0.717, 1.165) is 40.0 Å². The van der Waals surface area contributed by atoms with E-state index < -0.39 is 44.1 Å². The van der Waals surface area contributed by atoms with Gasteiger partial charge in [0.05, 0.1) is 47.6 Å². The van der Waals surface area contributed by atoms with Gasteiger partial charge in [-0.3, -0.25) is 25.0 Å². The summed E-state index contributed by atoms with van der Waals surface area (Å²) in [7, 11) is 3.19. The second kappa shape index (κ2) is 12.0. The number of rotatable bonds is 9. The summed E-state index contributed by atoms with van der Waals surface area (Å²) in [6.07, 6.45) is 2.51. The molecule has 0 aromatic heterocycles. The molecule has 0 saturated heterocycles. The largest absolute Gasteiger partial charge is 0.497 e. The smallest absolute Gasteiger partial charge is 0.276 e.